The van der Waals surface area contributed by atoms with Crippen molar-refractivity contribution in [2.45, 2.75) is 231 Å². The lowest BCUT2D eigenvalue weighted by molar-refractivity contribution is -0.0908. The Morgan fingerprint density at radius 3 is 1.73 bits per heavy atom. The van der Waals surface area contributed by atoms with E-state index in [9.17, 15) is 5.11 Å². The van der Waals surface area contributed by atoms with Crippen LogP contribution in [0.25, 0.3) is 0 Å². The second kappa shape index (κ2) is 18.0. The maximum Gasteiger partial charge on any atom is 0.201 e. The molecule has 6 heteroatoms. The van der Waals surface area contributed by atoms with Gasteiger partial charge in [-0.3, -0.25) is 4.90 Å². The van der Waals surface area contributed by atoms with Crippen LogP contribution in [-0.2, 0) is 8.85 Å². The summed E-state index contributed by atoms with van der Waals surface area (Å²) >= 11 is 0. The second-order valence-corrected chi connectivity index (χ2v) is 27.4. The molecule has 0 amide bonds. The Balaban J connectivity index is 2.39. The number of rotatable bonds is 18. The van der Waals surface area contributed by atoms with Gasteiger partial charge < -0.3 is 14.0 Å². The summed E-state index contributed by atoms with van der Waals surface area (Å²) in [4.78, 5) is 2.68. The summed E-state index contributed by atoms with van der Waals surface area (Å²) in [5.41, 5.74) is 3.49. The third kappa shape index (κ3) is 9.12. The molecule has 0 radical (unpaired) electrons. The molecular weight excluding hydrogens is 575 g/mol. The van der Waals surface area contributed by atoms with Gasteiger partial charge in [0.2, 0.25) is 16.6 Å². The molecule has 2 heterocycles. The van der Waals surface area contributed by atoms with Crippen molar-refractivity contribution in [3.8, 4) is 0 Å². The van der Waals surface area contributed by atoms with E-state index in [2.05, 4.69) is 114 Å². The quantitative estimate of drug-likeness (QED) is 0.0909. The average molecular weight is 652 g/mol. The first-order valence-electron chi connectivity index (χ1n) is 19.1. The fourth-order valence-electron chi connectivity index (χ4n) is 9.93. The van der Waals surface area contributed by atoms with Gasteiger partial charge in [-0.1, -0.05) is 134 Å². The number of unbranched alkanes of at least 4 members (excludes halogenated alkanes) is 4. The Bertz CT molecular complexity index is 798. The molecule has 2 fully saturated rings. The zero-order valence-electron chi connectivity index (χ0n) is 31.9. The highest BCUT2D eigenvalue weighted by Gasteiger charge is 2.51. The highest BCUT2D eigenvalue weighted by molar-refractivity contribution is 6.78. The third-order valence-electron chi connectivity index (χ3n) is 12.0. The molecule has 0 bridgehead atoms. The van der Waals surface area contributed by atoms with Gasteiger partial charge in [-0.15, -0.1) is 0 Å². The van der Waals surface area contributed by atoms with Gasteiger partial charge in [-0.05, 0) is 72.3 Å². The summed E-state index contributed by atoms with van der Waals surface area (Å²) in [6.45, 7) is 33.5. The minimum Gasteiger partial charge on any atom is -0.412 e. The van der Waals surface area contributed by atoms with E-state index in [1.807, 2.05) is 0 Å². The standard InChI is InChI=1S/C38H77NO3Si2/c1-15-16-17-18-19-20-35(41-43(27(2)3,28(4)5)29(6)7)23-21-34-22-25-37(40)36-24-26-38(33(14)39(34)36)42-44(30(8)9,31(10)11)32(12)13/h21,23,27-38,40H,15-20,22,24-26H2,1-14H3/b23-21+/t33-,34+,35-,36+,37+,38+/m0/s1. The van der Waals surface area contributed by atoms with Gasteiger partial charge in [0.1, 0.15) is 0 Å². The molecular formula is C38H77NO3Si2. The summed E-state index contributed by atoms with van der Waals surface area (Å²) in [6, 6.07) is 0.855. The van der Waals surface area contributed by atoms with Gasteiger partial charge in [-0.2, -0.15) is 0 Å². The molecule has 4 nitrogen and oxygen atoms in total. The molecule has 2 saturated heterocycles. The minimum absolute atomic E-state index is 0.177. The summed E-state index contributed by atoms with van der Waals surface area (Å²) in [5, 5.41) is 11.2. The zero-order valence-corrected chi connectivity index (χ0v) is 33.9. The van der Waals surface area contributed by atoms with Gasteiger partial charge in [0.25, 0.3) is 0 Å². The molecule has 0 aromatic rings. The number of aliphatic hydroxyl groups is 1. The Hall–Kier alpha value is 0.0138. The van der Waals surface area contributed by atoms with Crippen LogP contribution >= 0.6 is 0 Å². The predicted octanol–water partition coefficient (Wildman–Crippen LogP) is 11.4. The van der Waals surface area contributed by atoms with Crippen molar-refractivity contribution in [1.82, 2.24) is 4.90 Å². The monoisotopic (exact) mass is 652 g/mol. The van der Waals surface area contributed by atoms with E-state index in [1.165, 1.54) is 32.1 Å². The summed E-state index contributed by atoms with van der Waals surface area (Å²) in [5.74, 6) is 0. The molecule has 260 valence electrons. The number of aliphatic hydroxyl groups excluding tert-OH is 1. The fourth-order valence-corrected chi connectivity index (χ4v) is 21.1. The molecule has 6 atom stereocenters. The first-order valence-corrected chi connectivity index (χ1v) is 23.3. The van der Waals surface area contributed by atoms with E-state index in [4.69, 9.17) is 8.85 Å². The predicted molar refractivity (Wildman–Crippen MR) is 198 cm³/mol. The number of hydrogen-bond acceptors (Lipinski definition) is 4. The Kier molecular flexibility index (Phi) is 16.4. The Labute approximate surface area is 277 Å². The van der Waals surface area contributed by atoms with Crippen molar-refractivity contribution >= 4 is 16.6 Å². The maximum absolute atomic E-state index is 11.2. The highest BCUT2D eigenvalue weighted by Crippen LogP contribution is 2.46. The summed E-state index contributed by atoms with van der Waals surface area (Å²) in [7, 11) is -4.00. The smallest absolute Gasteiger partial charge is 0.201 e. The van der Waals surface area contributed by atoms with E-state index < -0.39 is 16.6 Å². The van der Waals surface area contributed by atoms with Crippen LogP contribution in [0.2, 0.25) is 33.2 Å². The van der Waals surface area contributed by atoms with Crippen LogP contribution in [0.3, 0.4) is 0 Å². The number of fused-ring (bicyclic) bond motifs is 1. The molecule has 0 spiro atoms. The highest BCUT2D eigenvalue weighted by atomic mass is 28.4. The molecule has 0 aliphatic carbocycles. The first kappa shape index (κ1) is 40.2. The summed E-state index contributed by atoms with van der Waals surface area (Å²) in [6.07, 6.45) is 16.7. The van der Waals surface area contributed by atoms with Crippen LogP contribution in [0, 0.1) is 0 Å². The van der Waals surface area contributed by atoms with Crippen molar-refractivity contribution in [1.29, 1.82) is 0 Å². The third-order valence-corrected chi connectivity index (χ3v) is 24.2. The van der Waals surface area contributed by atoms with Crippen molar-refractivity contribution in [2.24, 2.45) is 0 Å². The van der Waals surface area contributed by atoms with Gasteiger partial charge in [0, 0.05) is 18.1 Å². The zero-order chi connectivity index (χ0) is 33.4. The molecule has 2 aliphatic heterocycles. The van der Waals surface area contributed by atoms with Crippen LogP contribution < -0.4 is 0 Å². The van der Waals surface area contributed by atoms with Crippen LogP contribution in [0.15, 0.2) is 12.2 Å². The van der Waals surface area contributed by atoms with Gasteiger partial charge in [0.15, 0.2) is 0 Å². The minimum atomic E-state index is -2.00. The van der Waals surface area contributed by atoms with Gasteiger partial charge in [-0.25, -0.2) is 0 Å². The van der Waals surface area contributed by atoms with Crippen molar-refractivity contribution < 1.29 is 14.0 Å². The van der Waals surface area contributed by atoms with Crippen LogP contribution in [0.1, 0.15) is 161 Å². The normalized spacial score (nSPS) is 26.7. The molecule has 44 heavy (non-hydrogen) atoms. The van der Waals surface area contributed by atoms with Crippen LogP contribution in [0.5, 0.6) is 0 Å². The molecule has 2 aliphatic rings. The lowest BCUT2D eigenvalue weighted by Gasteiger charge is -2.55. The van der Waals surface area contributed by atoms with Gasteiger partial charge >= 0.3 is 0 Å². The van der Waals surface area contributed by atoms with Crippen molar-refractivity contribution in [3.63, 3.8) is 0 Å². The van der Waals surface area contributed by atoms with Crippen molar-refractivity contribution in [2.75, 3.05) is 0 Å². The molecule has 0 aromatic carbocycles. The summed E-state index contributed by atoms with van der Waals surface area (Å²) < 4.78 is 14.9. The van der Waals surface area contributed by atoms with Gasteiger partial charge in [0.05, 0.1) is 18.3 Å². The number of nitrogens with zero attached hydrogens (tertiary/aromatic N) is 1. The number of hydrogen-bond donors (Lipinski definition) is 1. The molecule has 0 aromatic heterocycles. The molecule has 2 rings (SSSR count). The lowest BCUT2D eigenvalue weighted by Crippen LogP contribution is -2.64. The van der Waals surface area contributed by atoms with Crippen LogP contribution in [0.4, 0.5) is 0 Å². The second-order valence-electron chi connectivity index (χ2n) is 16.6. The molecule has 1 N–H and O–H groups in total. The lowest BCUT2D eigenvalue weighted by atomic mass is 9.82. The Morgan fingerprint density at radius 2 is 1.23 bits per heavy atom. The molecule has 0 unspecified atom stereocenters. The van der Waals surface area contributed by atoms with Crippen molar-refractivity contribution in [3.05, 3.63) is 12.2 Å². The SMILES string of the molecule is CCCCCCC[C@@H](/C=C/[C@@H]1CC[C@@H](O)[C@H]2CC[C@@H](O[Si](C(C)C)(C(C)C)C(C)C)[C@H](C)N12)O[Si](C(C)C)(C(C)C)C(C)C. The molecule has 0 saturated carbocycles. The topological polar surface area (TPSA) is 41.9 Å². The first-order chi connectivity index (χ1) is 20.6. The largest absolute Gasteiger partial charge is 0.412 e. The van der Waals surface area contributed by atoms with E-state index >= 15 is 0 Å². The fraction of sp³-hybridized carbons (Fsp3) is 0.947. The van der Waals surface area contributed by atoms with Crippen LogP contribution in [-0.4, -0.2) is 63.1 Å². The van der Waals surface area contributed by atoms with E-state index in [-0.39, 0.29) is 24.4 Å². The Morgan fingerprint density at radius 1 is 0.705 bits per heavy atom. The van der Waals surface area contributed by atoms with E-state index in [0.717, 1.165) is 32.1 Å². The van der Waals surface area contributed by atoms with E-state index in [1.54, 1.807) is 0 Å². The van der Waals surface area contributed by atoms with E-state index in [0.29, 0.717) is 45.3 Å². The maximum atomic E-state index is 11.2. The average Bonchev–Trinajstić information content (AvgIpc) is 2.93. The number of piperidine rings is 2.